The molecule has 0 amide bonds. The molecule has 0 saturated carbocycles. The van der Waals surface area contributed by atoms with Crippen molar-refractivity contribution in [1.82, 2.24) is 19.7 Å². The van der Waals surface area contributed by atoms with Crippen LogP contribution < -0.4 is 14.8 Å². The van der Waals surface area contributed by atoms with E-state index in [1.807, 2.05) is 32.2 Å². The van der Waals surface area contributed by atoms with Crippen LogP contribution in [0.1, 0.15) is 11.3 Å². The number of fused-ring (bicyclic) bond motifs is 1. The Kier molecular flexibility index (Phi) is 4.01. The number of aryl methyl sites for hydroxylation is 2. The highest BCUT2D eigenvalue weighted by Gasteiger charge is 2.13. The van der Waals surface area contributed by atoms with Crippen molar-refractivity contribution in [1.29, 1.82) is 0 Å². The second kappa shape index (κ2) is 6.12. The third kappa shape index (κ3) is 2.77. The molecule has 0 aliphatic rings. The topological polar surface area (TPSA) is 74.1 Å². The zero-order chi connectivity index (χ0) is 16.4. The molecule has 0 aliphatic heterocycles. The number of nitrogens with zero attached hydrogens (tertiary/aromatic N) is 4. The van der Waals surface area contributed by atoms with Gasteiger partial charge in [-0.3, -0.25) is 4.68 Å². The standard InChI is InChI=1S/C16H19N5O2/c1-10-14-15(18-9-19-16(14)21(2)20-10)17-8-11-5-6-12(22-3)7-13(11)23-4/h5-7,9H,8H2,1-4H3,(H,17,18,19). The first kappa shape index (κ1) is 15.1. The first-order valence-corrected chi connectivity index (χ1v) is 7.23. The van der Waals surface area contributed by atoms with Gasteiger partial charge in [-0.05, 0) is 19.1 Å². The first-order valence-electron chi connectivity index (χ1n) is 7.23. The second-order valence-corrected chi connectivity index (χ2v) is 5.16. The van der Waals surface area contributed by atoms with Crippen molar-refractivity contribution < 1.29 is 9.47 Å². The lowest BCUT2D eigenvalue weighted by molar-refractivity contribution is 0.391. The number of hydrogen-bond acceptors (Lipinski definition) is 6. The minimum atomic E-state index is 0.577. The van der Waals surface area contributed by atoms with Crippen LogP contribution in [0.5, 0.6) is 11.5 Å². The van der Waals surface area contributed by atoms with Crippen LogP contribution in [-0.2, 0) is 13.6 Å². The van der Waals surface area contributed by atoms with Crippen molar-refractivity contribution in [3.8, 4) is 11.5 Å². The molecule has 0 atom stereocenters. The van der Waals surface area contributed by atoms with Crippen molar-refractivity contribution in [2.75, 3.05) is 19.5 Å². The van der Waals surface area contributed by atoms with Crippen LogP contribution >= 0.6 is 0 Å². The van der Waals surface area contributed by atoms with E-state index in [1.165, 1.54) is 6.33 Å². The number of nitrogens with one attached hydrogen (secondary N) is 1. The molecule has 7 nitrogen and oxygen atoms in total. The van der Waals surface area contributed by atoms with E-state index in [0.29, 0.717) is 6.54 Å². The molecule has 0 bridgehead atoms. The molecule has 0 unspecified atom stereocenters. The molecular formula is C16H19N5O2. The van der Waals surface area contributed by atoms with Crippen LogP contribution in [0.15, 0.2) is 24.5 Å². The molecule has 0 fully saturated rings. The van der Waals surface area contributed by atoms with E-state index in [1.54, 1.807) is 18.9 Å². The van der Waals surface area contributed by atoms with Gasteiger partial charge in [-0.15, -0.1) is 0 Å². The fourth-order valence-corrected chi connectivity index (χ4v) is 2.59. The zero-order valence-corrected chi connectivity index (χ0v) is 13.6. The number of rotatable bonds is 5. The van der Waals surface area contributed by atoms with Crippen LogP contribution in [0.2, 0.25) is 0 Å². The van der Waals surface area contributed by atoms with E-state index in [9.17, 15) is 0 Å². The summed E-state index contributed by atoms with van der Waals surface area (Å²) < 4.78 is 12.4. The average Bonchev–Trinajstić information content (AvgIpc) is 2.87. The summed E-state index contributed by atoms with van der Waals surface area (Å²) in [4.78, 5) is 8.63. The van der Waals surface area contributed by atoms with E-state index in [4.69, 9.17) is 9.47 Å². The van der Waals surface area contributed by atoms with Crippen molar-refractivity contribution >= 4 is 16.9 Å². The Balaban J connectivity index is 1.89. The van der Waals surface area contributed by atoms with Gasteiger partial charge in [-0.25, -0.2) is 9.97 Å². The van der Waals surface area contributed by atoms with Gasteiger partial charge >= 0.3 is 0 Å². The van der Waals surface area contributed by atoms with Gasteiger partial charge < -0.3 is 14.8 Å². The monoisotopic (exact) mass is 313 g/mol. The Hall–Kier alpha value is -2.83. The maximum atomic E-state index is 5.42. The molecule has 7 heteroatoms. The normalized spacial score (nSPS) is 10.8. The van der Waals surface area contributed by atoms with E-state index in [2.05, 4.69) is 20.4 Å². The Bertz CT molecular complexity index is 844. The highest BCUT2D eigenvalue weighted by Crippen LogP contribution is 2.27. The molecule has 0 radical (unpaired) electrons. The van der Waals surface area contributed by atoms with Gasteiger partial charge in [0.05, 0.1) is 25.3 Å². The molecule has 2 aromatic heterocycles. The van der Waals surface area contributed by atoms with Crippen molar-refractivity contribution in [2.45, 2.75) is 13.5 Å². The number of anilines is 1. The number of methoxy groups -OCH3 is 2. The summed E-state index contributed by atoms with van der Waals surface area (Å²) in [7, 11) is 5.15. The molecule has 3 rings (SSSR count). The van der Waals surface area contributed by atoms with Crippen LogP contribution in [0, 0.1) is 6.92 Å². The van der Waals surface area contributed by atoms with Gasteiger partial charge in [-0.2, -0.15) is 5.10 Å². The molecule has 23 heavy (non-hydrogen) atoms. The summed E-state index contributed by atoms with van der Waals surface area (Å²) in [6, 6.07) is 5.74. The lowest BCUT2D eigenvalue weighted by Crippen LogP contribution is -2.04. The summed E-state index contributed by atoms with van der Waals surface area (Å²) in [5.41, 5.74) is 2.72. The quantitative estimate of drug-likeness (QED) is 0.779. The Morgan fingerprint density at radius 1 is 1.17 bits per heavy atom. The fraction of sp³-hybridized carbons (Fsp3) is 0.312. The van der Waals surface area contributed by atoms with Crippen LogP contribution in [0.3, 0.4) is 0 Å². The highest BCUT2D eigenvalue weighted by atomic mass is 16.5. The number of benzene rings is 1. The van der Waals surface area contributed by atoms with Crippen LogP contribution in [0.4, 0.5) is 5.82 Å². The van der Waals surface area contributed by atoms with E-state index in [0.717, 1.165) is 39.6 Å². The molecule has 120 valence electrons. The van der Waals surface area contributed by atoms with E-state index < -0.39 is 0 Å². The Morgan fingerprint density at radius 3 is 2.74 bits per heavy atom. The lowest BCUT2D eigenvalue weighted by Gasteiger charge is -2.12. The van der Waals surface area contributed by atoms with Crippen molar-refractivity contribution in [3.05, 3.63) is 35.8 Å². The maximum Gasteiger partial charge on any atom is 0.163 e. The lowest BCUT2D eigenvalue weighted by atomic mass is 10.2. The fourth-order valence-electron chi connectivity index (χ4n) is 2.59. The molecule has 0 saturated heterocycles. The van der Waals surface area contributed by atoms with E-state index in [-0.39, 0.29) is 0 Å². The first-order chi connectivity index (χ1) is 11.1. The second-order valence-electron chi connectivity index (χ2n) is 5.16. The third-order valence-corrected chi connectivity index (χ3v) is 3.74. The molecular weight excluding hydrogens is 294 g/mol. The predicted octanol–water partition coefficient (Wildman–Crippen LogP) is 2.30. The van der Waals surface area contributed by atoms with Gasteiger partial charge in [-0.1, -0.05) is 0 Å². The molecule has 1 aromatic carbocycles. The molecule has 0 spiro atoms. The third-order valence-electron chi connectivity index (χ3n) is 3.74. The summed E-state index contributed by atoms with van der Waals surface area (Å²) in [6.45, 7) is 2.53. The number of hydrogen-bond donors (Lipinski definition) is 1. The predicted molar refractivity (Wildman–Crippen MR) is 87.9 cm³/mol. The minimum absolute atomic E-state index is 0.577. The summed E-state index contributed by atoms with van der Waals surface area (Å²) in [5.74, 6) is 2.29. The summed E-state index contributed by atoms with van der Waals surface area (Å²) in [5, 5.41) is 8.67. The Morgan fingerprint density at radius 2 is 2.00 bits per heavy atom. The van der Waals surface area contributed by atoms with Gasteiger partial charge in [0.15, 0.2) is 5.65 Å². The molecule has 1 N–H and O–H groups in total. The average molecular weight is 313 g/mol. The maximum absolute atomic E-state index is 5.42. The van der Waals surface area contributed by atoms with Gasteiger partial charge in [0.1, 0.15) is 23.6 Å². The van der Waals surface area contributed by atoms with Gasteiger partial charge in [0, 0.05) is 25.2 Å². The summed E-state index contributed by atoms with van der Waals surface area (Å²) >= 11 is 0. The van der Waals surface area contributed by atoms with Crippen LogP contribution in [-0.4, -0.2) is 34.0 Å². The molecule has 0 aliphatic carbocycles. The summed E-state index contributed by atoms with van der Waals surface area (Å²) in [6.07, 6.45) is 1.54. The smallest absolute Gasteiger partial charge is 0.163 e. The SMILES string of the molecule is COc1ccc(CNc2ncnc3c2c(C)nn3C)c(OC)c1. The molecule has 3 aromatic rings. The number of ether oxygens (including phenoxy) is 2. The van der Waals surface area contributed by atoms with Gasteiger partial charge in [0.2, 0.25) is 0 Å². The largest absolute Gasteiger partial charge is 0.497 e. The van der Waals surface area contributed by atoms with E-state index >= 15 is 0 Å². The molecule has 2 heterocycles. The number of aromatic nitrogens is 4. The highest BCUT2D eigenvalue weighted by molar-refractivity contribution is 5.89. The van der Waals surface area contributed by atoms with Gasteiger partial charge in [0.25, 0.3) is 0 Å². The Labute approximate surface area is 134 Å². The van der Waals surface area contributed by atoms with Crippen molar-refractivity contribution in [3.63, 3.8) is 0 Å². The van der Waals surface area contributed by atoms with Crippen molar-refractivity contribution in [2.24, 2.45) is 7.05 Å². The minimum Gasteiger partial charge on any atom is -0.497 e. The zero-order valence-electron chi connectivity index (χ0n) is 13.6. The van der Waals surface area contributed by atoms with Crippen LogP contribution in [0.25, 0.3) is 11.0 Å².